The predicted molar refractivity (Wildman–Crippen MR) is 143 cm³/mol. The summed E-state index contributed by atoms with van der Waals surface area (Å²) in [7, 11) is -4.05. The summed E-state index contributed by atoms with van der Waals surface area (Å²) in [5.41, 5.74) is 4.48. The second-order valence-corrected chi connectivity index (χ2v) is 10.7. The number of aryl methyl sites for hydroxylation is 3. The van der Waals surface area contributed by atoms with Crippen molar-refractivity contribution >= 4 is 38.1 Å². The molecule has 4 aromatic carbocycles. The number of carbonyl (C=O) groups is 1. The molecule has 1 amide bonds. The average Bonchev–Trinajstić information content (AvgIpc) is 3.30. The van der Waals surface area contributed by atoms with Gasteiger partial charge in [0, 0.05) is 11.1 Å². The van der Waals surface area contributed by atoms with E-state index in [1.807, 2.05) is 38.1 Å². The summed E-state index contributed by atoms with van der Waals surface area (Å²) in [5, 5.41) is 5.12. The zero-order valence-electron chi connectivity index (χ0n) is 20.3. The molecule has 0 spiro atoms. The van der Waals surface area contributed by atoms with E-state index in [0.29, 0.717) is 23.7 Å². The highest BCUT2D eigenvalue weighted by atomic mass is 32.2. The molecular formula is C29H28N2O4S. The second kappa shape index (κ2) is 9.66. The molecule has 0 unspecified atom stereocenters. The lowest BCUT2D eigenvalue weighted by molar-refractivity contribution is -0.114. The number of hydrogen-bond donors (Lipinski definition) is 1. The normalized spacial score (nSPS) is 12.5. The van der Waals surface area contributed by atoms with Gasteiger partial charge in [0.15, 0.2) is 0 Å². The number of rotatable bonds is 8. The smallest absolute Gasteiger partial charge is 0.264 e. The van der Waals surface area contributed by atoms with Crippen LogP contribution >= 0.6 is 0 Å². The van der Waals surface area contributed by atoms with Crippen molar-refractivity contribution in [1.29, 1.82) is 0 Å². The first-order valence-corrected chi connectivity index (χ1v) is 13.5. The highest BCUT2D eigenvalue weighted by Gasteiger charge is 2.30. The van der Waals surface area contributed by atoms with E-state index >= 15 is 0 Å². The molecule has 0 fully saturated rings. The Labute approximate surface area is 211 Å². The number of nitrogens with one attached hydrogen (secondary N) is 1. The minimum atomic E-state index is -4.05. The first-order chi connectivity index (χ1) is 17.4. The molecule has 7 heteroatoms. The molecule has 36 heavy (non-hydrogen) atoms. The highest BCUT2D eigenvalue weighted by Crippen LogP contribution is 2.36. The first kappa shape index (κ1) is 23.9. The number of amides is 1. The molecule has 6 nitrogen and oxygen atoms in total. The predicted octanol–water partition coefficient (Wildman–Crippen LogP) is 5.48. The van der Waals surface area contributed by atoms with Crippen LogP contribution in [0.3, 0.4) is 0 Å². The third kappa shape index (κ3) is 4.42. The minimum Gasteiger partial charge on any atom is -0.492 e. The largest absolute Gasteiger partial charge is 0.492 e. The molecule has 1 N–H and O–H groups in total. The Kier molecular flexibility index (Phi) is 6.41. The Bertz CT molecular complexity index is 1540. The lowest BCUT2D eigenvalue weighted by Crippen LogP contribution is -2.38. The summed E-state index contributed by atoms with van der Waals surface area (Å²) in [6, 6.07) is 23.5. The molecule has 0 aliphatic heterocycles. The maximum Gasteiger partial charge on any atom is 0.264 e. The van der Waals surface area contributed by atoms with Crippen LogP contribution < -0.4 is 14.4 Å². The van der Waals surface area contributed by atoms with Gasteiger partial charge < -0.3 is 10.1 Å². The first-order valence-electron chi connectivity index (χ1n) is 12.0. The van der Waals surface area contributed by atoms with Crippen molar-refractivity contribution in [2.45, 2.75) is 31.6 Å². The van der Waals surface area contributed by atoms with Crippen LogP contribution in [0.1, 0.15) is 23.6 Å². The van der Waals surface area contributed by atoms with E-state index in [2.05, 4.69) is 11.4 Å². The van der Waals surface area contributed by atoms with Gasteiger partial charge >= 0.3 is 0 Å². The topological polar surface area (TPSA) is 75.7 Å². The molecular weight excluding hydrogens is 472 g/mol. The van der Waals surface area contributed by atoms with Gasteiger partial charge in [0.2, 0.25) is 5.91 Å². The van der Waals surface area contributed by atoms with Gasteiger partial charge in [0.25, 0.3) is 10.0 Å². The van der Waals surface area contributed by atoms with E-state index in [1.165, 1.54) is 16.5 Å². The molecule has 1 aliphatic carbocycles. The number of benzene rings is 4. The van der Waals surface area contributed by atoms with E-state index in [0.717, 1.165) is 28.1 Å². The fourth-order valence-corrected chi connectivity index (χ4v) is 6.19. The molecule has 4 aromatic rings. The third-order valence-corrected chi connectivity index (χ3v) is 8.25. The maximum absolute atomic E-state index is 13.8. The van der Waals surface area contributed by atoms with Crippen molar-refractivity contribution in [2.24, 2.45) is 0 Å². The fourth-order valence-electron chi connectivity index (χ4n) is 4.75. The van der Waals surface area contributed by atoms with Crippen LogP contribution in [0.4, 0.5) is 11.4 Å². The molecule has 0 saturated carbocycles. The summed E-state index contributed by atoms with van der Waals surface area (Å²) >= 11 is 0. The number of para-hydroxylation sites is 2. The number of sulfonamides is 1. The number of nitrogens with zero attached hydrogens (tertiary/aromatic N) is 1. The van der Waals surface area contributed by atoms with Crippen molar-refractivity contribution in [3.8, 4) is 5.75 Å². The van der Waals surface area contributed by atoms with E-state index in [1.54, 1.807) is 48.5 Å². The summed E-state index contributed by atoms with van der Waals surface area (Å²) < 4.78 is 34.4. The molecule has 0 aromatic heterocycles. The zero-order valence-corrected chi connectivity index (χ0v) is 21.1. The van der Waals surface area contributed by atoms with Crippen molar-refractivity contribution in [1.82, 2.24) is 0 Å². The van der Waals surface area contributed by atoms with Gasteiger partial charge in [-0.05, 0) is 73.5 Å². The van der Waals surface area contributed by atoms with Crippen LogP contribution in [0.2, 0.25) is 0 Å². The number of hydrogen-bond acceptors (Lipinski definition) is 4. The van der Waals surface area contributed by atoms with Crippen LogP contribution in [-0.4, -0.2) is 27.5 Å². The summed E-state index contributed by atoms with van der Waals surface area (Å²) in [4.78, 5) is 13.5. The standard InChI is InChI=1S/C29H28N2O4S/c1-3-35-27-10-5-4-9-26(27)31(36(33,34)23-16-11-20(2)12-17-23)19-28(32)30-25-18-15-22-14-13-21-7-6-8-24(25)29(21)22/h4-12,15-18H,3,13-14,19H2,1-2H3,(H,30,32). The fraction of sp³-hybridized carbons (Fsp3) is 0.207. The van der Waals surface area contributed by atoms with Gasteiger partial charge in [-0.15, -0.1) is 0 Å². The van der Waals surface area contributed by atoms with Crippen LogP contribution in [0.25, 0.3) is 10.8 Å². The SMILES string of the molecule is CCOc1ccccc1N(CC(=O)Nc1ccc2c3c(cccc13)CC2)S(=O)(=O)c1ccc(C)cc1. The summed E-state index contributed by atoms with van der Waals surface area (Å²) in [6.07, 6.45) is 1.97. The molecule has 0 saturated heterocycles. The van der Waals surface area contributed by atoms with Crippen molar-refractivity contribution in [2.75, 3.05) is 22.8 Å². The Balaban J connectivity index is 1.52. The highest BCUT2D eigenvalue weighted by molar-refractivity contribution is 7.92. The number of carbonyl (C=O) groups excluding carboxylic acids is 1. The van der Waals surface area contributed by atoms with E-state index in [-0.39, 0.29) is 4.90 Å². The Morgan fingerprint density at radius 3 is 2.39 bits per heavy atom. The molecule has 184 valence electrons. The Morgan fingerprint density at radius 2 is 1.64 bits per heavy atom. The Hall–Kier alpha value is -3.84. The molecule has 0 bridgehead atoms. The minimum absolute atomic E-state index is 0.109. The van der Waals surface area contributed by atoms with Crippen LogP contribution in [0.5, 0.6) is 5.75 Å². The summed E-state index contributed by atoms with van der Waals surface area (Å²) in [5.74, 6) is -0.0375. The quantitative estimate of drug-likeness (QED) is 0.348. The van der Waals surface area contributed by atoms with Gasteiger partial charge in [0.05, 0.1) is 17.2 Å². The van der Waals surface area contributed by atoms with E-state index < -0.39 is 22.5 Å². The number of ether oxygens (including phenoxy) is 1. The van der Waals surface area contributed by atoms with Crippen LogP contribution in [0, 0.1) is 6.92 Å². The zero-order chi connectivity index (χ0) is 25.3. The Morgan fingerprint density at radius 1 is 0.917 bits per heavy atom. The number of anilines is 2. The molecule has 5 rings (SSSR count). The lowest BCUT2D eigenvalue weighted by atomic mass is 10.0. The van der Waals surface area contributed by atoms with Crippen molar-refractivity contribution in [3.63, 3.8) is 0 Å². The molecule has 1 aliphatic rings. The monoisotopic (exact) mass is 500 g/mol. The third-order valence-electron chi connectivity index (χ3n) is 6.48. The van der Waals surface area contributed by atoms with E-state index in [4.69, 9.17) is 4.74 Å². The maximum atomic E-state index is 13.8. The van der Waals surface area contributed by atoms with Gasteiger partial charge in [-0.25, -0.2) is 8.42 Å². The van der Waals surface area contributed by atoms with Crippen molar-refractivity contribution in [3.05, 3.63) is 95.6 Å². The van der Waals surface area contributed by atoms with Crippen LogP contribution in [-0.2, 0) is 27.7 Å². The van der Waals surface area contributed by atoms with E-state index in [9.17, 15) is 13.2 Å². The van der Waals surface area contributed by atoms with Crippen LogP contribution in [0.15, 0.2) is 83.8 Å². The van der Waals surface area contributed by atoms with Gasteiger partial charge in [-0.2, -0.15) is 0 Å². The van der Waals surface area contributed by atoms with Crippen molar-refractivity contribution < 1.29 is 17.9 Å². The lowest BCUT2D eigenvalue weighted by Gasteiger charge is -2.26. The molecule has 0 atom stereocenters. The second-order valence-electron chi connectivity index (χ2n) is 8.89. The molecule has 0 heterocycles. The van der Waals surface area contributed by atoms with Gasteiger partial charge in [-0.1, -0.05) is 54.1 Å². The van der Waals surface area contributed by atoms with Gasteiger partial charge in [-0.3, -0.25) is 9.10 Å². The van der Waals surface area contributed by atoms with Gasteiger partial charge in [0.1, 0.15) is 12.3 Å². The summed E-state index contributed by atoms with van der Waals surface area (Å²) in [6.45, 7) is 3.69. The average molecular weight is 501 g/mol. The molecule has 0 radical (unpaired) electrons.